The van der Waals surface area contributed by atoms with Crippen LogP contribution in [-0.4, -0.2) is 82.3 Å². The van der Waals surface area contributed by atoms with Crippen LogP contribution in [0.15, 0.2) is 36.5 Å². The molecule has 0 spiro atoms. The van der Waals surface area contributed by atoms with E-state index in [1.807, 2.05) is 21.1 Å². The summed E-state index contributed by atoms with van der Waals surface area (Å²) in [7, 11) is 5.94. The first kappa shape index (κ1) is 73.5. The Labute approximate surface area is 470 Å². The summed E-state index contributed by atoms with van der Waals surface area (Å²) in [5.74, 6) is -2.26. The third-order valence-electron chi connectivity index (χ3n) is 14.6. The lowest BCUT2D eigenvalue weighted by Crippen LogP contribution is -2.44. The van der Waals surface area contributed by atoms with Gasteiger partial charge >= 0.3 is 11.9 Å². The summed E-state index contributed by atoms with van der Waals surface area (Å²) in [5, 5.41) is 11.8. The lowest BCUT2D eigenvalue weighted by atomic mass is 10.0. The van der Waals surface area contributed by atoms with Gasteiger partial charge in [-0.05, 0) is 51.4 Å². The predicted molar refractivity (Wildman–Crippen MR) is 320 cm³/mol. The molecule has 0 aromatic heterocycles. The van der Waals surface area contributed by atoms with Gasteiger partial charge in [-0.2, -0.15) is 0 Å². The zero-order valence-corrected chi connectivity index (χ0v) is 50.9. The number of esters is 2. The Balaban J connectivity index is 4.13. The second-order valence-corrected chi connectivity index (χ2v) is 23.4. The average Bonchev–Trinajstić information content (AvgIpc) is 3.39. The fraction of sp³-hybridized carbons (Fsp3) is 0.866. The van der Waals surface area contributed by atoms with Crippen LogP contribution < -0.4 is 5.11 Å². The number of carboxylic acid groups (broad SMARTS) is 1. The van der Waals surface area contributed by atoms with Crippen LogP contribution in [0.4, 0.5) is 0 Å². The molecule has 0 saturated carbocycles. The van der Waals surface area contributed by atoms with Crippen molar-refractivity contribution in [2.24, 2.45) is 0 Å². The Bertz CT molecular complexity index is 1340. The van der Waals surface area contributed by atoms with Crippen LogP contribution in [0.1, 0.15) is 316 Å². The van der Waals surface area contributed by atoms with E-state index in [9.17, 15) is 19.5 Å². The van der Waals surface area contributed by atoms with Crippen LogP contribution in [-0.2, 0) is 33.3 Å². The lowest BCUT2D eigenvalue weighted by Gasteiger charge is -2.26. The number of ether oxygens (including phenoxy) is 4. The van der Waals surface area contributed by atoms with Crippen LogP contribution in [0.5, 0.6) is 0 Å². The van der Waals surface area contributed by atoms with Gasteiger partial charge in [-0.1, -0.05) is 288 Å². The Morgan fingerprint density at radius 2 is 0.711 bits per heavy atom. The second kappa shape index (κ2) is 58.7. The smallest absolute Gasteiger partial charge is 0.306 e. The Morgan fingerprint density at radius 1 is 0.395 bits per heavy atom. The van der Waals surface area contributed by atoms with E-state index in [1.54, 1.807) is 0 Å². The maximum absolute atomic E-state index is 12.9. The maximum Gasteiger partial charge on any atom is 0.306 e. The number of unbranched alkanes of at least 4 members (excludes halogenated alkanes) is 40. The molecule has 0 radical (unpaired) electrons. The van der Waals surface area contributed by atoms with Crippen molar-refractivity contribution in [3.63, 3.8) is 0 Å². The molecule has 0 aliphatic rings. The van der Waals surface area contributed by atoms with Crippen molar-refractivity contribution < 1.29 is 42.9 Å². The molecule has 9 heteroatoms. The number of hydrogen-bond acceptors (Lipinski definition) is 8. The highest BCUT2D eigenvalue weighted by molar-refractivity contribution is 5.70. The van der Waals surface area contributed by atoms with E-state index in [0.29, 0.717) is 23.9 Å². The zero-order chi connectivity index (χ0) is 55.5. The summed E-state index contributed by atoms with van der Waals surface area (Å²) in [5.41, 5.74) is 0. The lowest BCUT2D eigenvalue weighted by molar-refractivity contribution is -0.870. The zero-order valence-electron chi connectivity index (χ0n) is 50.9. The minimum atomic E-state index is -1.62. The first-order valence-electron chi connectivity index (χ1n) is 32.6. The first-order chi connectivity index (χ1) is 37.1. The van der Waals surface area contributed by atoms with Gasteiger partial charge in [0, 0.05) is 12.8 Å². The van der Waals surface area contributed by atoms with E-state index in [2.05, 4.69) is 50.3 Å². The van der Waals surface area contributed by atoms with Crippen molar-refractivity contribution in [2.75, 3.05) is 47.5 Å². The van der Waals surface area contributed by atoms with Crippen LogP contribution in [0.3, 0.4) is 0 Å². The number of carbonyl (C=O) groups excluding carboxylic acids is 3. The molecule has 0 bridgehead atoms. The summed E-state index contributed by atoms with van der Waals surface area (Å²) in [6, 6.07) is 0. The number of nitrogens with zero attached hydrogens (tertiary/aromatic N) is 1. The van der Waals surface area contributed by atoms with Crippen molar-refractivity contribution in [3.05, 3.63) is 36.5 Å². The van der Waals surface area contributed by atoms with E-state index in [4.69, 9.17) is 18.9 Å². The average molecular weight is 1070 g/mol. The van der Waals surface area contributed by atoms with Gasteiger partial charge in [0.1, 0.15) is 13.2 Å². The van der Waals surface area contributed by atoms with Gasteiger partial charge in [-0.3, -0.25) is 9.59 Å². The number of hydrogen-bond donors (Lipinski definition) is 0. The van der Waals surface area contributed by atoms with Crippen molar-refractivity contribution in [1.82, 2.24) is 0 Å². The van der Waals surface area contributed by atoms with Gasteiger partial charge in [-0.25, -0.2) is 0 Å². The molecule has 446 valence electrons. The Kier molecular flexibility index (Phi) is 56.7. The number of rotatable bonds is 61. The minimum absolute atomic E-state index is 0.150. The van der Waals surface area contributed by atoms with Crippen molar-refractivity contribution in [1.29, 1.82) is 0 Å². The highest BCUT2D eigenvalue weighted by atomic mass is 16.7. The molecule has 0 heterocycles. The van der Waals surface area contributed by atoms with Gasteiger partial charge in [0.05, 0.1) is 40.3 Å². The molecule has 0 aliphatic heterocycles. The molecule has 0 fully saturated rings. The third kappa shape index (κ3) is 59.2. The maximum atomic E-state index is 12.9. The Hall–Kier alpha value is -2.49. The molecule has 0 aromatic carbocycles. The number of allylic oxidation sites excluding steroid dienone is 6. The molecule has 76 heavy (non-hydrogen) atoms. The number of likely N-dealkylation sites (N-methyl/N-ethyl adjacent to an activating group) is 1. The molecule has 0 rings (SSSR count). The Morgan fingerprint density at radius 3 is 1.05 bits per heavy atom. The molecule has 0 amide bonds. The molecule has 0 aliphatic carbocycles. The standard InChI is InChI=1S/C67H125NO8/c1-6-8-10-12-14-16-18-20-22-24-26-28-30-31-32-33-34-35-36-38-40-42-44-46-48-50-52-54-56-58-65(70)76-63(62-75-67(66(71)72)73-60-59-68(3,4)5)61-74-64(69)57-55-53-51-49-47-45-43-41-39-37-29-27-25-23-21-19-17-15-13-11-9-7-2/h18,20,24,26,30-31,63,67H,6-17,19,21-23,25,27-29,32-62H2,1-5H3/b20-18-,26-24-,31-30-. The number of carboxylic acids is 1. The first-order valence-corrected chi connectivity index (χ1v) is 32.6. The fourth-order valence-electron chi connectivity index (χ4n) is 9.61. The largest absolute Gasteiger partial charge is 0.545 e. The molecule has 9 nitrogen and oxygen atoms in total. The van der Waals surface area contributed by atoms with E-state index < -0.39 is 24.3 Å². The van der Waals surface area contributed by atoms with Crippen LogP contribution in [0.25, 0.3) is 0 Å². The molecule has 0 aromatic rings. The molecule has 0 saturated heterocycles. The summed E-state index contributed by atoms with van der Waals surface area (Å²) in [6.07, 6.45) is 69.2. The van der Waals surface area contributed by atoms with Gasteiger partial charge in [0.25, 0.3) is 0 Å². The quantitative estimate of drug-likeness (QED) is 0.0195. The third-order valence-corrected chi connectivity index (χ3v) is 14.6. The summed E-state index contributed by atoms with van der Waals surface area (Å²) >= 11 is 0. The van der Waals surface area contributed by atoms with Gasteiger partial charge in [0.15, 0.2) is 12.4 Å². The highest BCUT2D eigenvalue weighted by Gasteiger charge is 2.22. The van der Waals surface area contributed by atoms with Crippen molar-refractivity contribution >= 4 is 17.9 Å². The van der Waals surface area contributed by atoms with Crippen LogP contribution in [0, 0.1) is 0 Å². The fourth-order valence-corrected chi connectivity index (χ4v) is 9.61. The monoisotopic (exact) mass is 1070 g/mol. The van der Waals surface area contributed by atoms with E-state index in [1.165, 1.54) is 238 Å². The summed E-state index contributed by atoms with van der Waals surface area (Å²) in [4.78, 5) is 37.4. The SMILES string of the molecule is CCCCCCC/C=C\C/C=C\C/C=C\CCCCCCCCCCCCCCCCC(=O)OC(COC(=O)CCCCCCCCCCCCCCCCCCCCCCCC)COC(OCC[N+](C)(C)C)C(=O)[O-]. The van der Waals surface area contributed by atoms with E-state index in [-0.39, 0.29) is 32.2 Å². The van der Waals surface area contributed by atoms with Crippen LogP contribution >= 0.6 is 0 Å². The van der Waals surface area contributed by atoms with E-state index in [0.717, 1.165) is 44.9 Å². The number of carbonyl (C=O) groups is 3. The van der Waals surface area contributed by atoms with Crippen LogP contribution in [0.2, 0.25) is 0 Å². The number of aliphatic carboxylic acids is 1. The summed E-state index contributed by atoms with van der Waals surface area (Å²) < 4.78 is 22.8. The van der Waals surface area contributed by atoms with Gasteiger partial charge in [-0.15, -0.1) is 0 Å². The van der Waals surface area contributed by atoms with Gasteiger partial charge in [0.2, 0.25) is 0 Å². The molecular weight excluding hydrogens is 947 g/mol. The van der Waals surface area contributed by atoms with Crippen molar-refractivity contribution in [2.45, 2.75) is 328 Å². The van der Waals surface area contributed by atoms with E-state index >= 15 is 0 Å². The predicted octanol–water partition coefficient (Wildman–Crippen LogP) is 18.3. The summed E-state index contributed by atoms with van der Waals surface area (Å²) in [6.45, 7) is 4.79. The highest BCUT2D eigenvalue weighted by Crippen LogP contribution is 2.18. The molecular formula is C67H125NO8. The topological polar surface area (TPSA) is 111 Å². The normalized spacial score (nSPS) is 12.9. The molecule has 2 atom stereocenters. The number of quaternary nitrogens is 1. The second-order valence-electron chi connectivity index (χ2n) is 23.4. The van der Waals surface area contributed by atoms with Crippen molar-refractivity contribution in [3.8, 4) is 0 Å². The molecule has 2 unspecified atom stereocenters. The molecule has 0 N–H and O–H groups in total. The van der Waals surface area contributed by atoms with Gasteiger partial charge < -0.3 is 33.3 Å². The minimum Gasteiger partial charge on any atom is -0.545 e.